The SMILES string of the molecule is CC/C=C\C/C=C\C/C=C\C/C=C\CCCCCCCCC(=O)OC(COC(=O)CCCCC/C=C\C/C=C\C/C=C\CC)COP(=O)(O)OCC(CO)OC(=O)CCCCCC/C=C\C/C=C\C/C=C\C/C=C\CC. The fraction of sp³-hybridized carbons (Fsp3) is 0.609. The van der Waals surface area contributed by atoms with Crippen LogP contribution < -0.4 is 0 Å². The van der Waals surface area contributed by atoms with Gasteiger partial charge in [0.2, 0.25) is 0 Å². The minimum atomic E-state index is -4.78. The molecule has 0 aromatic heterocycles. The number of rotatable bonds is 52. The van der Waals surface area contributed by atoms with Gasteiger partial charge in [-0.15, -0.1) is 0 Å². The summed E-state index contributed by atoms with van der Waals surface area (Å²) in [5.74, 6) is -1.56. The molecule has 76 heavy (non-hydrogen) atoms. The van der Waals surface area contributed by atoms with Crippen molar-refractivity contribution < 1.29 is 52.2 Å². The molecule has 0 heterocycles. The first-order valence-electron chi connectivity index (χ1n) is 29.1. The lowest BCUT2D eigenvalue weighted by atomic mass is 10.1. The quantitative estimate of drug-likeness (QED) is 0.0197. The number of hydrogen-bond acceptors (Lipinski definition) is 10. The summed E-state index contributed by atoms with van der Waals surface area (Å²) in [7, 11) is -4.78. The molecule has 0 bridgehead atoms. The lowest BCUT2D eigenvalue weighted by molar-refractivity contribution is -0.161. The summed E-state index contributed by atoms with van der Waals surface area (Å²) in [5, 5.41) is 9.82. The zero-order chi connectivity index (χ0) is 55.5. The Kier molecular flexibility index (Phi) is 53.5. The van der Waals surface area contributed by atoms with Crippen LogP contribution in [-0.2, 0) is 42.2 Å². The van der Waals surface area contributed by atoms with E-state index in [4.69, 9.17) is 23.3 Å². The van der Waals surface area contributed by atoms with E-state index in [-0.39, 0.29) is 25.9 Å². The molecule has 430 valence electrons. The van der Waals surface area contributed by atoms with Gasteiger partial charge in [-0.1, -0.05) is 199 Å². The van der Waals surface area contributed by atoms with Crippen LogP contribution in [0.25, 0.3) is 0 Å². The van der Waals surface area contributed by atoms with Gasteiger partial charge in [-0.05, 0) is 128 Å². The van der Waals surface area contributed by atoms with Crippen LogP contribution in [0, 0.1) is 0 Å². The topological polar surface area (TPSA) is 155 Å². The number of ether oxygens (including phenoxy) is 3. The molecule has 0 spiro atoms. The highest BCUT2D eigenvalue weighted by molar-refractivity contribution is 7.47. The van der Waals surface area contributed by atoms with E-state index in [1.807, 2.05) is 0 Å². The maximum atomic E-state index is 12.9. The first-order valence-corrected chi connectivity index (χ1v) is 30.6. The van der Waals surface area contributed by atoms with Crippen molar-refractivity contribution in [3.63, 3.8) is 0 Å². The van der Waals surface area contributed by atoms with Crippen LogP contribution in [0.1, 0.15) is 213 Å². The van der Waals surface area contributed by atoms with E-state index < -0.39 is 57.8 Å². The van der Waals surface area contributed by atoms with Gasteiger partial charge in [-0.25, -0.2) is 4.57 Å². The predicted molar refractivity (Wildman–Crippen MR) is 316 cm³/mol. The number of phosphoric ester groups is 1. The van der Waals surface area contributed by atoms with Gasteiger partial charge < -0.3 is 24.2 Å². The predicted octanol–water partition coefficient (Wildman–Crippen LogP) is 17.4. The molecule has 12 heteroatoms. The molecular formula is C64H103O11P. The molecule has 0 aliphatic heterocycles. The second kappa shape index (κ2) is 56.8. The standard InChI is InChI=1S/C64H103O11P/c1-4-7-10-13-16-19-22-25-27-29-30-32-34-37-40-43-46-49-52-55-64(68)75-61(57-71-62(66)53-50-47-44-41-38-35-24-21-18-15-12-9-6-3)59-73-76(69,70)72-58-60(56-65)74-63(67)54-51-48-45-42-39-36-33-31-28-26-23-20-17-14-11-8-5-2/h7-12,16-21,25-28,30,32-33,35-36,38,60-61,65H,4-6,13-15,22-24,29,31,34,37,39-59H2,1-3H3,(H,69,70)/b10-7-,11-8-,12-9-,19-16-,20-17-,21-18-,27-25-,28-26-,32-30-,36-33-,38-35-. The van der Waals surface area contributed by atoms with Crippen molar-refractivity contribution in [1.82, 2.24) is 0 Å². The van der Waals surface area contributed by atoms with E-state index >= 15 is 0 Å². The lowest BCUT2D eigenvalue weighted by Gasteiger charge is -2.21. The van der Waals surface area contributed by atoms with Crippen LogP contribution >= 0.6 is 7.82 Å². The molecule has 0 fully saturated rings. The maximum absolute atomic E-state index is 12.9. The summed E-state index contributed by atoms with van der Waals surface area (Å²) < 4.78 is 39.5. The summed E-state index contributed by atoms with van der Waals surface area (Å²) in [6.45, 7) is 4.21. The summed E-state index contributed by atoms with van der Waals surface area (Å²) >= 11 is 0. The average molecular weight is 1080 g/mol. The molecule has 0 rings (SSSR count). The van der Waals surface area contributed by atoms with Crippen molar-refractivity contribution in [3.05, 3.63) is 134 Å². The molecule has 0 saturated carbocycles. The Bertz CT molecular complexity index is 1780. The van der Waals surface area contributed by atoms with Crippen LogP contribution in [0.2, 0.25) is 0 Å². The summed E-state index contributed by atoms with van der Waals surface area (Å²) in [6.07, 6.45) is 71.2. The Hall–Kier alpha value is -4.38. The molecule has 11 nitrogen and oxygen atoms in total. The van der Waals surface area contributed by atoms with Crippen molar-refractivity contribution in [2.24, 2.45) is 0 Å². The Morgan fingerprint density at radius 2 is 0.645 bits per heavy atom. The van der Waals surface area contributed by atoms with E-state index in [2.05, 4.69) is 154 Å². The van der Waals surface area contributed by atoms with Gasteiger partial charge in [-0.3, -0.25) is 23.4 Å². The number of aliphatic hydroxyl groups excluding tert-OH is 1. The number of carbonyl (C=O) groups excluding carboxylic acids is 3. The van der Waals surface area contributed by atoms with Crippen LogP contribution in [0.3, 0.4) is 0 Å². The van der Waals surface area contributed by atoms with E-state index in [1.54, 1.807) is 0 Å². The molecule has 0 aliphatic rings. The van der Waals surface area contributed by atoms with Crippen LogP contribution in [0.5, 0.6) is 0 Å². The van der Waals surface area contributed by atoms with Gasteiger partial charge in [0.25, 0.3) is 0 Å². The van der Waals surface area contributed by atoms with E-state index in [0.29, 0.717) is 19.3 Å². The number of allylic oxidation sites excluding steroid dienone is 22. The molecule has 0 aliphatic carbocycles. The first-order chi connectivity index (χ1) is 37.2. The van der Waals surface area contributed by atoms with Crippen molar-refractivity contribution in [2.45, 2.75) is 226 Å². The summed E-state index contributed by atoms with van der Waals surface area (Å²) in [6, 6.07) is 0. The van der Waals surface area contributed by atoms with Crippen molar-refractivity contribution in [1.29, 1.82) is 0 Å². The lowest BCUT2D eigenvalue weighted by Crippen LogP contribution is -2.30. The van der Waals surface area contributed by atoms with Gasteiger partial charge in [0, 0.05) is 19.3 Å². The summed E-state index contributed by atoms with van der Waals surface area (Å²) in [5.41, 5.74) is 0. The van der Waals surface area contributed by atoms with Crippen molar-refractivity contribution >= 4 is 25.7 Å². The highest BCUT2D eigenvalue weighted by atomic mass is 31.2. The molecular weight excluding hydrogens is 976 g/mol. The zero-order valence-electron chi connectivity index (χ0n) is 47.4. The molecule has 0 saturated heterocycles. The first kappa shape index (κ1) is 71.6. The number of hydrogen-bond donors (Lipinski definition) is 2. The summed E-state index contributed by atoms with van der Waals surface area (Å²) in [4.78, 5) is 48.6. The minimum Gasteiger partial charge on any atom is -0.462 e. The van der Waals surface area contributed by atoms with Gasteiger partial charge in [0.05, 0.1) is 19.8 Å². The number of esters is 3. The average Bonchev–Trinajstić information content (AvgIpc) is 3.41. The molecule has 0 amide bonds. The van der Waals surface area contributed by atoms with Crippen LogP contribution in [0.4, 0.5) is 0 Å². The highest BCUT2D eigenvalue weighted by Gasteiger charge is 2.28. The second-order valence-corrected chi connectivity index (χ2v) is 20.1. The third kappa shape index (κ3) is 54.4. The van der Waals surface area contributed by atoms with Gasteiger partial charge >= 0.3 is 25.7 Å². The largest absolute Gasteiger partial charge is 0.472 e. The monoisotopic (exact) mass is 1080 g/mol. The second-order valence-electron chi connectivity index (χ2n) is 18.7. The number of unbranched alkanes of at least 4 members (excludes halogenated alkanes) is 13. The smallest absolute Gasteiger partial charge is 0.462 e. The Labute approximate surface area is 461 Å². The zero-order valence-corrected chi connectivity index (χ0v) is 48.3. The van der Waals surface area contributed by atoms with E-state index in [9.17, 15) is 28.9 Å². The molecule has 0 aromatic carbocycles. The maximum Gasteiger partial charge on any atom is 0.472 e. The number of phosphoric acid groups is 1. The Morgan fingerprint density at radius 3 is 1.00 bits per heavy atom. The van der Waals surface area contributed by atoms with E-state index in [1.165, 1.54) is 0 Å². The highest BCUT2D eigenvalue weighted by Crippen LogP contribution is 2.43. The Balaban J connectivity index is 4.80. The normalized spacial score (nSPS) is 14.3. The molecule has 3 unspecified atom stereocenters. The Morgan fingerprint density at radius 1 is 0.368 bits per heavy atom. The molecule has 2 N–H and O–H groups in total. The fourth-order valence-corrected chi connectivity index (χ4v) is 8.02. The minimum absolute atomic E-state index is 0.135. The van der Waals surface area contributed by atoms with Gasteiger partial charge in [0.15, 0.2) is 6.10 Å². The molecule has 0 radical (unpaired) electrons. The van der Waals surface area contributed by atoms with Crippen molar-refractivity contribution in [3.8, 4) is 0 Å². The van der Waals surface area contributed by atoms with E-state index in [0.717, 1.165) is 154 Å². The van der Waals surface area contributed by atoms with Crippen molar-refractivity contribution in [2.75, 3.05) is 26.4 Å². The molecule has 3 atom stereocenters. The third-order valence-electron chi connectivity index (χ3n) is 11.6. The number of carbonyl (C=O) groups is 3. The van der Waals surface area contributed by atoms with Gasteiger partial charge in [0.1, 0.15) is 12.7 Å². The van der Waals surface area contributed by atoms with Gasteiger partial charge in [-0.2, -0.15) is 0 Å². The molecule has 0 aromatic rings. The number of aliphatic hydroxyl groups is 1. The fourth-order valence-electron chi connectivity index (χ4n) is 7.23. The van der Waals surface area contributed by atoms with Crippen LogP contribution in [0.15, 0.2) is 134 Å². The third-order valence-corrected chi connectivity index (χ3v) is 12.5. The van der Waals surface area contributed by atoms with Crippen LogP contribution in [-0.4, -0.2) is 66.5 Å².